The molecule has 0 radical (unpaired) electrons. The molecule has 0 heterocycles. The van der Waals surface area contributed by atoms with Crippen LogP contribution in [-0.4, -0.2) is 31.2 Å². The Bertz CT molecular complexity index is 1410. The Morgan fingerprint density at radius 1 is 0.878 bits per heavy atom. The number of azide groups is 1. The summed E-state index contributed by atoms with van der Waals surface area (Å²) in [7, 11) is 0. The highest BCUT2D eigenvalue weighted by Crippen LogP contribution is 2.29. The summed E-state index contributed by atoms with van der Waals surface area (Å²) in [6.07, 6.45) is 0.648. The Kier molecular flexibility index (Phi) is 11.2. The van der Waals surface area contributed by atoms with Crippen LogP contribution in [0.15, 0.2) is 108 Å². The third kappa shape index (κ3) is 9.12. The Labute approximate surface area is 239 Å². The minimum atomic E-state index is -0.745. The molecule has 0 bridgehead atoms. The first-order valence-corrected chi connectivity index (χ1v) is 13.5. The number of amides is 1. The molecule has 0 aliphatic carbocycles. The van der Waals surface area contributed by atoms with Crippen molar-refractivity contribution in [3.8, 4) is 5.75 Å². The second-order valence-electron chi connectivity index (χ2n) is 9.47. The summed E-state index contributed by atoms with van der Waals surface area (Å²) in [5, 5.41) is 23.9. The molecule has 0 aromatic heterocycles. The molecule has 0 unspecified atom stereocenters. The van der Waals surface area contributed by atoms with Crippen molar-refractivity contribution in [2.45, 2.75) is 25.2 Å². The Hall–Kier alpha value is -4.82. The van der Waals surface area contributed by atoms with Gasteiger partial charge in [0, 0.05) is 23.7 Å². The quantitative estimate of drug-likeness (QED) is 0.0436. The maximum absolute atomic E-state index is 11.1. The molecule has 0 saturated heterocycles. The molecular weight excluding hydrogens is 516 g/mol. The maximum Gasteiger partial charge on any atom is 0.211 e. The highest BCUT2D eigenvalue weighted by Gasteiger charge is 2.12. The summed E-state index contributed by atoms with van der Waals surface area (Å²) in [6.45, 7) is 1.93. The number of ether oxygens (including phenoxy) is 1. The molecule has 4 aromatic rings. The van der Waals surface area contributed by atoms with Crippen molar-refractivity contribution in [3.05, 3.63) is 136 Å². The fourth-order valence-electron chi connectivity index (χ4n) is 4.35. The Balaban J connectivity index is 1.22. The first kappa shape index (κ1) is 29.2. The number of anilines is 2. The molecular formula is C32H34N6O3. The molecule has 0 aliphatic heterocycles. The van der Waals surface area contributed by atoms with Crippen LogP contribution in [-0.2, 0) is 17.8 Å². The first-order valence-electron chi connectivity index (χ1n) is 13.5. The van der Waals surface area contributed by atoms with Gasteiger partial charge in [-0.15, -0.1) is 0 Å². The maximum atomic E-state index is 11.1. The predicted molar refractivity (Wildman–Crippen MR) is 162 cm³/mol. The molecule has 4 aromatic carbocycles. The Morgan fingerprint density at radius 3 is 2.32 bits per heavy atom. The zero-order valence-electron chi connectivity index (χ0n) is 22.7. The van der Waals surface area contributed by atoms with Crippen molar-refractivity contribution in [1.82, 2.24) is 5.32 Å². The second kappa shape index (κ2) is 15.7. The molecule has 0 saturated carbocycles. The van der Waals surface area contributed by atoms with E-state index < -0.39 is 6.10 Å². The van der Waals surface area contributed by atoms with E-state index >= 15 is 0 Å². The topological polar surface area (TPSA) is 131 Å². The van der Waals surface area contributed by atoms with Crippen LogP contribution in [0.25, 0.3) is 10.4 Å². The van der Waals surface area contributed by atoms with Crippen molar-refractivity contribution >= 4 is 17.8 Å². The van der Waals surface area contributed by atoms with Gasteiger partial charge in [0.25, 0.3) is 0 Å². The zero-order valence-corrected chi connectivity index (χ0v) is 22.7. The molecule has 1 amide bonds. The monoisotopic (exact) mass is 550 g/mol. The summed E-state index contributed by atoms with van der Waals surface area (Å²) in [5.74, 6) is 0.538. The van der Waals surface area contributed by atoms with E-state index in [4.69, 9.17) is 10.3 Å². The van der Waals surface area contributed by atoms with E-state index in [9.17, 15) is 9.90 Å². The van der Waals surface area contributed by atoms with Gasteiger partial charge in [-0.1, -0.05) is 84.0 Å². The first-order chi connectivity index (χ1) is 20.2. The molecule has 4 rings (SSSR count). The number of rotatable bonds is 16. The van der Waals surface area contributed by atoms with Gasteiger partial charge in [-0.2, -0.15) is 0 Å². The Morgan fingerprint density at radius 2 is 1.61 bits per heavy atom. The smallest absolute Gasteiger partial charge is 0.211 e. The van der Waals surface area contributed by atoms with Crippen LogP contribution in [0.5, 0.6) is 5.75 Å². The minimum absolute atomic E-state index is 0.292. The second-order valence-corrected chi connectivity index (χ2v) is 9.47. The third-order valence-corrected chi connectivity index (χ3v) is 6.60. The molecule has 0 spiro atoms. The van der Waals surface area contributed by atoms with Gasteiger partial charge >= 0.3 is 0 Å². The number of nitrogens with one attached hydrogen (secondary N) is 3. The highest BCUT2D eigenvalue weighted by molar-refractivity contribution is 5.76. The van der Waals surface area contributed by atoms with E-state index in [0.717, 1.165) is 28.8 Å². The van der Waals surface area contributed by atoms with E-state index in [1.54, 1.807) is 18.2 Å². The van der Waals surface area contributed by atoms with Gasteiger partial charge in [0.2, 0.25) is 6.41 Å². The summed E-state index contributed by atoms with van der Waals surface area (Å²) < 4.78 is 5.88. The molecule has 4 N–H and O–H groups in total. The number of carbonyl (C=O) groups is 1. The number of nitrogens with zero attached hydrogens (tertiary/aromatic N) is 3. The molecule has 2 atom stereocenters. The molecule has 210 valence electrons. The van der Waals surface area contributed by atoms with Crippen LogP contribution in [0.2, 0.25) is 0 Å². The van der Waals surface area contributed by atoms with Crippen LogP contribution in [0.1, 0.15) is 34.4 Å². The van der Waals surface area contributed by atoms with Crippen molar-refractivity contribution in [2.24, 2.45) is 5.11 Å². The summed E-state index contributed by atoms with van der Waals surface area (Å²) >= 11 is 0. The third-order valence-electron chi connectivity index (χ3n) is 6.60. The number of aliphatic hydroxyl groups is 1. The summed E-state index contributed by atoms with van der Waals surface area (Å²) in [4.78, 5) is 14.1. The lowest BCUT2D eigenvalue weighted by atomic mass is 10.1. The zero-order chi connectivity index (χ0) is 28.7. The molecule has 9 heteroatoms. The number of carbonyl (C=O) groups excluding carboxylic acids is 1. The largest absolute Gasteiger partial charge is 0.487 e. The van der Waals surface area contributed by atoms with Crippen LogP contribution in [0.3, 0.4) is 0 Å². The molecule has 9 nitrogen and oxygen atoms in total. The van der Waals surface area contributed by atoms with Crippen LogP contribution >= 0.6 is 0 Å². The lowest BCUT2D eigenvalue weighted by molar-refractivity contribution is -0.105. The van der Waals surface area contributed by atoms with Crippen LogP contribution < -0.4 is 20.7 Å². The van der Waals surface area contributed by atoms with E-state index in [0.29, 0.717) is 49.7 Å². The number of aliphatic hydroxyl groups excluding tert-OH is 1. The van der Waals surface area contributed by atoms with Gasteiger partial charge in [0.05, 0.1) is 17.8 Å². The standard InChI is InChI=1S/C32H34N6O3/c33-38-37-30(26-9-5-2-6-10-26)20-35-28-14-11-24(12-15-28)17-18-34-21-31(40)27-13-16-32(29(19-27)36-23-39)41-22-25-7-3-1-4-8-25/h1-16,19,23,30-31,34-35,40H,17-18,20-22H2,(H,36,39)/t30-,31-/m0/s1. The number of hydrogen-bond acceptors (Lipinski definition) is 6. The van der Waals surface area contributed by atoms with E-state index in [1.165, 1.54) is 0 Å². The van der Waals surface area contributed by atoms with Gasteiger partial charge in [0.1, 0.15) is 12.4 Å². The van der Waals surface area contributed by atoms with E-state index in [1.807, 2.05) is 72.8 Å². The van der Waals surface area contributed by atoms with Crippen LogP contribution in [0.4, 0.5) is 11.4 Å². The van der Waals surface area contributed by atoms with Crippen molar-refractivity contribution < 1.29 is 14.6 Å². The van der Waals surface area contributed by atoms with E-state index in [-0.39, 0.29) is 6.04 Å². The van der Waals surface area contributed by atoms with Crippen LogP contribution in [0, 0.1) is 0 Å². The summed E-state index contributed by atoms with van der Waals surface area (Å²) in [5.41, 5.74) is 14.2. The molecule has 0 aliphatic rings. The number of hydrogen-bond donors (Lipinski definition) is 4. The van der Waals surface area contributed by atoms with Gasteiger partial charge < -0.3 is 25.8 Å². The summed E-state index contributed by atoms with van der Waals surface area (Å²) in [6, 6.07) is 32.6. The highest BCUT2D eigenvalue weighted by atomic mass is 16.5. The lowest BCUT2D eigenvalue weighted by Crippen LogP contribution is -2.23. The molecule has 41 heavy (non-hydrogen) atoms. The predicted octanol–water partition coefficient (Wildman–Crippen LogP) is 6.16. The van der Waals surface area contributed by atoms with Gasteiger partial charge in [-0.25, -0.2) is 0 Å². The number of benzene rings is 4. The van der Waals surface area contributed by atoms with Crippen molar-refractivity contribution in [1.29, 1.82) is 0 Å². The van der Waals surface area contributed by atoms with E-state index in [2.05, 4.69) is 38.1 Å². The fourth-order valence-corrected chi connectivity index (χ4v) is 4.35. The van der Waals surface area contributed by atoms with Crippen molar-refractivity contribution in [3.63, 3.8) is 0 Å². The fraction of sp³-hybridized carbons (Fsp3) is 0.219. The van der Waals surface area contributed by atoms with Crippen molar-refractivity contribution in [2.75, 3.05) is 30.3 Å². The SMILES string of the molecule is [N-]=[N+]=N[C@@H](CNc1ccc(CCNC[C@H](O)c2ccc(OCc3ccccc3)c(NC=O)c2)cc1)c1ccccc1. The van der Waals surface area contributed by atoms with Gasteiger partial charge in [-0.3, -0.25) is 4.79 Å². The van der Waals surface area contributed by atoms with Gasteiger partial charge in [-0.05, 0) is 65.0 Å². The lowest BCUT2D eigenvalue weighted by Gasteiger charge is -2.16. The normalized spacial score (nSPS) is 12.0. The minimum Gasteiger partial charge on any atom is -0.487 e. The average Bonchev–Trinajstić information content (AvgIpc) is 3.02. The molecule has 0 fully saturated rings. The average molecular weight is 551 g/mol. The van der Waals surface area contributed by atoms with Gasteiger partial charge in [0.15, 0.2) is 0 Å².